The molecule has 2 amide bonds. The Balaban J connectivity index is 1.22. The van der Waals surface area contributed by atoms with Crippen LogP contribution in [0, 0.1) is 6.92 Å². The van der Waals surface area contributed by atoms with Crippen molar-refractivity contribution in [2.75, 3.05) is 36.8 Å². The van der Waals surface area contributed by atoms with Crippen LogP contribution in [0.3, 0.4) is 0 Å². The molecule has 0 radical (unpaired) electrons. The summed E-state index contributed by atoms with van der Waals surface area (Å²) in [5.41, 5.74) is 10.6. The lowest BCUT2D eigenvalue weighted by Crippen LogP contribution is -2.37. The van der Waals surface area contributed by atoms with E-state index in [9.17, 15) is 9.59 Å². The highest BCUT2D eigenvalue weighted by Crippen LogP contribution is 2.27. The topological polar surface area (TPSA) is 135 Å². The molecule has 5 aromatic rings. The average molecular weight is 550 g/mol. The van der Waals surface area contributed by atoms with Gasteiger partial charge in [0.2, 0.25) is 5.91 Å². The predicted octanol–water partition coefficient (Wildman–Crippen LogP) is 2.93. The van der Waals surface area contributed by atoms with Crippen molar-refractivity contribution in [3.63, 3.8) is 0 Å². The molecule has 3 N–H and O–H groups in total. The van der Waals surface area contributed by atoms with Gasteiger partial charge >= 0.3 is 0 Å². The summed E-state index contributed by atoms with van der Waals surface area (Å²) in [5, 5.41) is 3.93. The summed E-state index contributed by atoms with van der Waals surface area (Å²) in [4.78, 5) is 47.8. The second-order valence-electron chi connectivity index (χ2n) is 10.2. The number of amides is 2. The van der Waals surface area contributed by atoms with E-state index >= 15 is 0 Å². The molecule has 1 fully saturated rings. The number of nitrogens with one attached hydrogen (secondary N) is 1. The smallest absolute Gasteiger partial charge is 0.273 e. The fraction of sp³-hybridized carbons (Fsp3) is 0.267. The number of nitrogens with zero attached hydrogens (tertiary/aromatic N) is 7. The lowest BCUT2D eigenvalue weighted by molar-refractivity contribution is -0.131. The van der Waals surface area contributed by atoms with Gasteiger partial charge in [-0.3, -0.25) is 9.59 Å². The molecule has 2 aromatic carbocycles. The van der Waals surface area contributed by atoms with Crippen molar-refractivity contribution >= 4 is 45.4 Å². The molecule has 6 rings (SSSR count). The number of aromatic nitrogens is 5. The summed E-state index contributed by atoms with van der Waals surface area (Å²) in [6.07, 6.45) is 5.41. The number of carbonyl (C=O) groups is 2. The normalized spacial score (nSPS) is 13.9. The second-order valence-corrected chi connectivity index (χ2v) is 10.2. The molecule has 1 aliphatic rings. The van der Waals surface area contributed by atoms with E-state index in [2.05, 4.69) is 31.2 Å². The van der Waals surface area contributed by atoms with Crippen molar-refractivity contribution in [1.29, 1.82) is 0 Å². The molecule has 0 saturated carbocycles. The Kier molecular flexibility index (Phi) is 7.15. The summed E-state index contributed by atoms with van der Waals surface area (Å²) < 4.78 is 1.90. The summed E-state index contributed by atoms with van der Waals surface area (Å²) in [6.45, 7) is 5.12. The maximum atomic E-state index is 13.3. The number of aryl methyl sites for hydroxylation is 1. The van der Waals surface area contributed by atoms with Crippen LogP contribution in [-0.4, -0.2) is 67.4 Å². The van der Waals surface area contributed by atoms with Gasteiger partial charge in [-0.05, 0) is 37.1 Å². The van der Waals surface area contributed by atoms with Crippen molar-refractivity contribution in [1.82, 2.24) is 34.7 Å². The number of anilines is 2. The zero-order valence-corrected chi connectivity index (χ0v) is 22.8. The van der Waals surface area contributed by atoms with Crippen molar-refractivity contribution < 1.29 is 9.59 Å². The standard InChI is InChI=1S/C30H31N9O2/c1-20-6-4-7-21-16-22(17-34-30(41)27-28(31)33-11-10-32-27)29(36-26(20)21)38-13-5-12-37(14-15-38)25(40)18-39-19-35-23-8-2-3-9-24(23)39/h2-4,6-11,16,19H,5,12-15,17-18H2,1H3,(H2,31,33)(H,34,41). The Bertz CT molecular complexity index is 1750. The first kappa shape index (κ1) is 26.2. The van der Waals surface area contributed by atoms with Crippen LogP contribution in [0.15, 0.2) is 67.3 Å². The lowest BCUT2D eigenvalue weighted by atomic mass is 10.1. The minimum atomic E-state index is -0.398. The van der Waals surface area contributed by atoms with Crippen LogP contribution < -0.4 is 16.0 Å². The number of hydrogen-bond donors (Lipinski definition) is 2. The van der Waals surface area contributed by atoms with E-state index in [-0.39, 0.29) is 30.5 Å². The maximum absolute atomic E-state index is 13.3. The number of para-hydroxylation sites is 3. The second kappa shape index (κ2) is 11.2. The zero-order valence-electron chi connectivity index (χ0n) is 22.8. The number of benzene rings is 2. The molecule has 208 valence electrons. The fourth-order valence-corrected chi connectivity index (χ4v) is 5.33. The van der Waals surface area contributed by atoms with E-state index in [4.69, 9.17) is 10.7 Å². The van der Waals surface area contributed by atoms with Gasteiger partial charge in [-0.1, -0.05) is 30.3 Å². The minimum absolute atomic E-state index is 0.0614. The molecule has 0 atom stereocenters. The molecule has 11 heteroatoms. The van der Waals surface area contributed by atoms with Gasteiger partial charge in [-0.25, -0.2) is 19.9 Å². The largest absolute Gasteiger partial charge is 0.382 e. The van der Waals surface area contributed by atoms with E-state index in [1.54, 1.807) is 6.33 Å². The van der Waals surface area contributed by atoms with E-state index in [1.165, 1.54) is 12.4 Å². The number of hydrogen-bond acceptors (Lipinski definition) is 8. The molecule has 4 heterocycles. The third-order valence-electron chi connectivity index (χ3n) is 7.47. The first-order chi connectivity index (χ1) is 20.0. The van der Waals surface area contributed by atoms with Gasteiger partial charge in [0, 0.05) is 56.1 Å². The zero-order chi connectivity index (χ0) is 28.3. The number of carbonyl (C=O) groups excluding carboxylic acids is 2. The Morgan fingerprint density at radius 2 is 1.83 bits per heavy atom. The molecular weight excluding hydrogens is 518 g/mol. The number of nitrogen functional groups attached to an aromatic ring is 1. The SMILES string of the molecule is Cc1cccc2cc(CNC(=O)c3nccnc3N)c(N3CCCN(C(=O)Cn4cnc5ccccc54)CC3)nc12. The van der Waals surface area contributed by atoms with Crippen molar-refractivity contribution in [3.8, 4) is 0 Å². The van der Waals surface area contributed by atoms with Crippen LogP contribution >= 0.6 is 0 Å². The summed E-state index contributed by atoms with van der Waals surface area (Å²) in [6, 6.07) is 16.0. The Labute approximate surface area is 237 Å². The quantitative estimate of drug-likeness (QED) is 0.330. The van der Waals surface area contributed by atoms with Crippen molar-refractivity contribution in [3.05, 3.63) is 84.1 Å². The van der Waals surface area contributed by atoms with Crippen LogP contribution in [0.5, 0.6) is 0 Å². The Morgan fingerprint density at radius 3 is 2.71 bits per heavy atom. The third-order valence-corrected chi connectivity index (χ3v) is 7.47. The molecular formula is C30H31N9O2. The van der Waals surface area contributed by atoms with E-state index < -0.39 is 5.91 Å². The van der Waals surface area contributed by atoms with Gasteiger partial charge in [-0.15, -0.1) is 0 Å². The number of rotatable bonds is 6. The molecule has 0 unspecified atom stereocenters. The van der Waals surface area contributed by atoms with Crippen LogP contribution in [0.4, 0.5) is 11.6 Å². The van der Waals surface area contributed by atoms with Crippen molar-refractivity contribution in [2.24, 2.45) is 0 Å². The number of imidazole rings is 1. The minimum Gasteiger partial charge on any atom is -0.382 e. The molecule has 0 spiro atoms. The molecule has 11 nitrogen and oxygen atoms in total. The van der Waals surface area contributed by atoms with Gasteiger partial charge < -0.3 is 25.4 Å². The van der Waals surface area contributed by atoms with Gasteiger partial charge in [-0.2, -0.15) is 0 Å². The maximum Gasteiger partial charge on any atom is 0.273 e. The Morgan fingerprint density at radius 1 is 0.976 bits per heavy atom. The number of pyridine rings is 1. The van der Waals surface area contributed by atoms with Crippen LogP contribution in [0.1, 0.15) is 28.0 Å². The molecule has 0 aliphatic carbocycles. The molecule has 0 bridgehead atoms. The molecule has 1 saturated heterocycles. The third kappa shape index (κ3) is 5.38. The van der Waals surface area contributed by atoms with Gasteiger partial charge in [0.05, 0.1) is 22.9 Å². The Hall–Kier alpha value is -5.06. The molecule has 3 aromatic heterocycles. The first-order valence-corrected chi connectivity index (χ1v) is 13.6. The van der Waals surface area contributed by atoms with E-state index in [1.807, 2.05) is 58.9 Å². The van der Waals surface area contributed by atoms with E-state index in [0.29, 0.717) is 19.6 Å². The van der Waals surface area contributed by atoms with Crippen LogP contribution in [0.25, 0.3) is 21.9 Å². The van der Waals surface area contributed by atoms with Gasteiger partial charge in [0.15, 0.2) is 11.5 Å². The molecule has 1 aliphatic heterocycles. The van der Waals surface area contributed by atoms with Gasteiger partial charge in [0.1, 0.15) is 12.4 Å². The monoisotopic (exact) mass is 549 g/mol. The van der Waals surface area contributed by atoms with Crippen molar-refractivity contribution in [2.45, 2.75) is 26.4 Å². The summed E-state index contributed by atoms with van der Waals surface area (Å²) >= 11 is 0. The first-order valence-electron chi connectivity index (χ1n) is 13.6. The highest BCUT2D eigenvalue weighted by Gasteiger charge is 2.23. The predicted molar refractivity (Wildman–Crippen MR) is 157 cm³/mol. The lowest BCUT2D eigenvalue weighted by Gasteiger charge is -2.26. The highest BCUT2D eigenvalue weighted by molar-refractivity contribution is 5.96. The highest BCUT2D eigenvalue weighted by atomic mass is 16.2. The van der Waals surface area contributed by atoms with E-state index in [0.717, 1.165) is 51.8 Å². The van der Waals surface area contributed by atoms with Gasteiger partial charge in [0.25, 0.3) is 5.91 Å². The summed E-state index contributed by atoms with van der Waals surface area (Å²) in [7, 11) is 0. The molecule has 41 heavy (non-hydrogen) atoms. The fourth-order valence-electron chi connectivity index (χ4n) is 5.33. The number of nitrogens with two attached hydrogens (primary N) is 1. The average Bonchev–Trinajstić information content (AvgIpc) is 3.22. The number of fused-ring (bicyclic) bond motifs is 2. The van der Waals surface area contributed by atoms with Crippen LogP contribution in [-0.2, 0) is 17.9 Å². The van der Waals surface area contributed by atoms with Crippen LogP contribution in [0.2, 0.25) is 0 Å². The summed E-state index contributed by atoms with van der Waals surface area (Å²) in [5.74, 6) is 0.546.